The fourth-order valence-electron chi connectivity index (χ4n) is 3.64. The molecule has 0 saturated carbocycles. The molecule has 0 aliphatic rings. The Labute approximate surface area is 193 Å². The summed E-state index contributed by atoms with van der Waals surface area (Å²) in [4.78, 5) is 16.2. The van der Waals surface area contributed by atoms with E-state index in [4.69, 9.17) is 0 Å². The van der Waals surface area contributed by atoms with E-state index in [-0.39, 0.29) is 40.2 Å². The Balaban J connectivity index is 1.96. The number of rotatable bonds is 4. The molecule has 1 amide bonds. The number of halogens is 9. The van der Waals surface area contributed by atoms with Crippen LogP contribution in [0.15, 0.2) is 42.5 Å². The molecular formula is C23H17F9N2O. The topological polar surface area (TPSA) is 42.0 Å². The van der Waals surface area contributed by atoms with Crippen molar-refractivity contribution < 1.29 is 44.3 Å². The third-order valence-corrected chi connectivity index (χ3v) is 5.41. The van der Waals surface area contributed by atoms with Gasteiger partial charge in [-0.15, -0.1) is 0 Å². The molecule has 3 aromatic rings. The Morgan fingerprint density at radius 3 is 1.89 bits per heavy atom. The molecule has 1 atom stereocenters. The minimum Gasteiger partial charge on any atom is -0.322 e. The van der Waals surface area contributed by atoms with Crippen LogP contribution >= 0.6 is 0 Å². The summed E-state index contributed by atoms with van der Waals surface area (Å²) in [6, 6.07) is 6.66. The summed E-state index contributed by atoms with van der Waals surface area (Å²) in [5.41, 5.74) is -7.69. The van der Waals surface area contributed by atoms with Crippen LogP contribution in [0.1, 0.15) is 39.7 Å². The lowest BCUT2D eigenvalue weighted by molar-refractivity contribution is -0.304. The number of anilines is 1. The summed E-state index contributed by atoms with van der Waals surface area (Å²) in [5.74, 6) is -5.58. The Morgan fingerprint density at radius 1 is 0.829 bits per heavy atom. The van der Waals surface area contributed by atoms with E-state index in [0.29, 0.717) is 12.1 Å². The van der Waals surface area contributed by atoms with Gasteiger partial charge < -0.3 is 5.32 Å². The highest BCUT2D eigenvalue weighted by atomic mass is 19.4. The maximum absolute atomic E-state index is 14.8. The molecule has 1 N–H and O–H groups in total. The number of carbonyl (C=O) groups is 1. The van der Waals surface area contributed by atoms with Crippen molar-refractivity contribution >= 4 is 22.5 Å². The minimum atomic E-state index is -5.92. The van der Waals surface area contributed by atoms with Crippen LogP contribution in [0.25, 0.3) is 10.9 Å². The van der Waals surface area contributed by atoms with Crippen LogP contribution in [0.2, 0.25) is 0 Å². The largest absolute Gasteiger partial charge is 0.433 e. The number of carbonyl (C=O) groups excluding carboxylic acids is 1. The van der Waals surface area contributed by atoms with Crippen LogP contribution in [0.5, 0.6) is 0 Å². The van der Waals surface area contributed by atoms with Gasteiger partial charge >= 0.3 is 12.4 Å². The van der Waals surface area contributed by atoms with E-state index in [9.17, 15) is 44.3 Å². The monoisotopic (exact) mass is 508 g/mol. The van der Waals surface area contributed by atoms with Crippen molar-refractivity contribution in [1.29, 1.82) is 0 Å². The number of aromatic nitrogens is 1. The molecule has 0 aliphatic carbocycles. The van der Waals surface area contributed by atoms with E-state index < -0.39 is 41.1 Å². The zero-order chi connectivity index (χ0) is 26.6. The van der Waals surface area contributed by atoms with Crippen LogP contribution in [-0.2, 0) is 11.8 Å². The van der Waals surface area contributed by atoms with E-state index in [0.717, 1.165) is 12.1 Å². The lowest BCUT2D eigenvalue weighted by Crippen LogP contribution is -2.51. The normalized spacial score (nSPS) is 14.6. The number of pyridine rings is 1. The molecule has 12 heteroatoms. The second-order valence-corrected chi connectivity index (χ2v) is 8.09. The SMILES string of the molecule is Cc1cc(C(F)(C(C)(F)F)C(F)(F)F)cc(C)c1NC(=O)c1ccc2nc(C(F)(F)F)ccc2c1. The number of nitrogens with one attached hydrogen (secondary N) is 1. The summed E-state index contributed by atoms with van der Waals surface area (Å²) in [7, 11) is 0. The molecule has 3 nitrogen and oxygen atoms in total. The molecule has 1 unspecified atom stereocenters. The van der Waals surface area contributed by atoms with Crippen molar-refractivity contribution in [3.63, 3.8) is 0 Å². The highest BCUT2D eigenvalue weighted by molar-refractivity contribution is 6.06. The number of benzene rings is 2. The lowest BCUT2D eigenvalue weighted by atomic mass is 9.86. The lowest BCUT2D eigenvalue weighted by Gasteiger charge is -2.34. The molecule has 1 aromatic heterocycles. The number of alkyl halides is 9. The van der Waals surface area contributed by atoms with E-state index in [1.807, 2.05) is 0 Å². The van der Waals surface area contributed by atoms with E-state index in [1.165, 1.54) is 32.0 Å². The molecule has 0 radical (unpaired) electrons. The van der Waals surface area contributed by atoms with Gasteiger partial charge in [0, 0.05) is 29.1 Å². The summed E-state index contributed by atoms with van der Waals surface area (Å²) in [6.07, 6.45) is -10.6. The summed E-state index contributed by atoms with van der Waals surface area (Å²) in [6.45, 7) is 2.24. The maximum Gasteiger partial charge on any atom is 0.433 e. The van der Waals surface area contributed by atoms with Crippen molar-refractivity contribution in [3.8, 4) is 0 Å². The first-order valence-electron chi connectivity index (χ1n) is 9.91. The van der Waals surface area contributed by atoms with Crippen LogP contribution in [0.4, 0.5) is 45.2 Å². The number of fused-ring (bicyclic) bond motifs is 1. The summed E-state index contributed by atoms with van der Waals surface area (Å²) in [5, 5.41) is 2.64. The van der Waals surface area contributed by atoms with Gasteiger partial charge in [0.15, 0.2) is 0 Å². The summed E-state index contributed by atoms with van der Waals surface area (Å²) >= 11 is 0. The highest BCUT2D eigenvalue weighted by Gasteiger charge is 2.70. The van der Waals surface area contributed by atoms with Gasteiger partial charge in [-0.25, -0.2) is 18.2 Å². The molecule has 0 bridgehead atoms. The van der Waals surface area contributed by atoms with Crippen molar-refractivity contribution in [2.24, 2.45) is 0 Å². The molecule has 188 valence electrons. The number of nitrogens with zero attached hydrogens (tertiary/aromatic N) is 1. The molecular weight excluding hydrogens is 491 g/mol. The van der Waals surface area contributed by atoms with Gasteiger partial charge in [0.2, 0.25) is 0 Å². The van der Waals surface area contributed by atoms with Gasteiger partial charge in [-0.1, -0.05) is 18.2 Å². The van der Waals surface area contributed by atoms with Crippen LogP contribution in [0.3, 0.4) is 0 Å². The molecule has 35 heavy (non-hydrogen) atoms. The van der Waals surface area contributed by atoms with Gasteiger partial charge in [0.05, 0.1) is 5.52 Å². The Hall–Kier alpha value is -3.31. The minimum absolute atomic E-state index is 0.0165. The fourth-order valence-corrected chi connectivity index (χ4v) is 3.64. The third kappa shape index (κ3) is 4.78. The number of hydrogen-bond acceptors (Lipinski definition) is 2. The Kier molecular flexibility index (Phi) is 6.32. The highest BCUT2D eigenvalue weighted by Crippen LogP contribution is 2.53. The van der Waals surface area contributed by atoms with Gasteiger partial charge in [-0.3, -0.25) is 4.79 Å². The number of hydrogen-bond donors (Lipinski definition) is 1. The first-order chi connectivity index (χ1) is 15.9. The van der Waals surface area contributed by atoms with Crippen molar-refractivity contribution in [2.45, 2.75) is 44.7 Å². The van der Waals surface area contributed by atoms with Crippen molar-refractivity contribution in [2.75, 3.05) is 5.32 Å². The van der Waals surface area contributed by atoms with Crippen molar-refractivity contribution in [3.05, 3.63) is 70.4 Å². The second kappa shape index (κ2) is 8.42. The van der Waals surface area contributed by atoms with Gasteiger partial charge in [0.25, 0.3) is 17.5 Å². The molecule has 0 fully saturated rings. The molecule has 0 saturated heterocycles. The van der Waals surface area contributed by atoms with E-state index >= 15 is 0 Å². The quantitative estimate of drug-likeness (QED) is 0.371. The van der Waals surface area contributed by atoms with Crippen molar-refractivity contribution in [1.82, 2.24) is 4.98 Å². The first-order valence-corrected chi connectivity index (χ1v) is 9.91. The first kappa shape index (κ1) is 26.3. The Bertz CT molecular complexity index is 1250. The molecule has 3 rings (SSSR count). The predicted molar refractivity (Wildman–Crippen MR) is 110 cm³/mol. The average Bonchev–Trinajstić information content (AvgIpc) is 2.72. The zero-order valence-electron chi connectivity index (χ0n) is 18.3. The van der Waals surface area contributed by atoms with E-state index in [1.54, 1.807) is 0 Å². The molecule has 0 spiro atoms. The van der Waals surface area contributed by atoms with Gasteiger partial charge in [-0.05, 0) is 49.2 Å². The maximum atomic E-state index is 14.8. The smallest absolute Gasteiger partial charge is 0.322 e. The fraction of sp³-hybridized carbons (Fsp3) is 0.304. The van der Waals surface area contributed by atoms with Crippen LogP contribution < -0.4 is 5.32 Å². The molecule has 2 aromatic carbocycles. The van der Waals surface area contributed by atoms with Crippen LogP contribution in [0, 0.1) is 13.8 Å². The zero-order valence-corrected chi connectivity index (χ0v) is 18.3. The molecule has 0 aliphatic heterocycles. The number of aryl methyl sites for hydroxylation is 2. The van der Waals surface area contributed by atoms with Gasteiger partial charge in [-0.2, -0.15) is 26.3 Å². The average molecular weight is 508 g/mol. The number of amides is 1. The molecule has 1 heterocycles. The predicted octanol–water partition coefficient (Wildman–Crippen LogP) is 7.51. The second-order valence-electron chi connectivity index (χ2n) is 8.09. The van der Waals surface area contributed by atoms with Crippen LogP contribution in [-0.4, -0.2) is 23.0 Å². The standard InChI is InChI=1S/C23H17F9N2O/c1-11-8-15(21(26,20(3,24)25)23(30,31)32)9-12(2)18(11)34-19(35)14-4-6-16-13(10-14)5-7-17(33-16)22(27,28)29/h4-10H,1-3H3,(H,34,35). The summed E-state index contributed by atoms with van der Waals surface area (Å²) < 4.78 is 121. The Morgan fingerprint density at radius 2 is 1.40 bits per heavy atom. The van der Waals surface area contributed by atoms with Gasteiger partial charge in [0.1, 0.15) is 5.69 Å². The van der Waals surface area contributed by atoms with E-state index in [2.05, 4.69) is 10.3 Å². The third-order valence-electron chi connectivity index (χ3n) is 5.41.